The van der Waals surface area contributed by atoms with Gasteiger partial charge in [-0.25, -0.2) is 4.79 Å². The maximum atomic E-state index is 12.1. The van der Waals surface area contributed by atoms with Gasteiger partial charge in [0.1, 0.15) is 6.10 Å². The van der Waals surface area contributed by atoms with Crippen molar-refractivity contribution in [3.63, 3.8) is 0 Å². The zero-order valence-corrected chi connectivity index (χ0v) is 16.3. The fourth-order valence-electron chi connectivity index (χ4n) is 2.27. The van der Waals surface area contributed by atoms with Gasteiger partial charge >= 0.3 is 6.09 Å². The maximum Gasteiger partial charge on any atom is 0.412 e. The number of ether oxygens (including phenoxy) is 1. The monoisotopic (exact) mass is 347 g/mol. The second kappa shape index (κ2) is 7.96. The fourth-order valence-corrected chi connectivity index (χ4v) is 3.67. The number of aliphatic hydroxyl groups is 2. The lowest BCUT2D eigenvalue weighted by Crippen LogP contribution is -2.48. The van der Waals surface area contributed by atoms with E-state index in [1.54, 1.807) is 11.8 Å². The Hall–Kier alpha value is -0.633. The van der Waals surface area contributed by atoms with Gasteiger partial charge in [-0.3, -0.25) is 0 Å². The number of hydrogen-bond donors (Lipinski definition) is 2. The smallest absolute Gasteiger partial charge is 0.412 e. The van der Waals surface area contributed by atoms with Crippen LogP contribution in [0.25, 0.3) is 0 Å². The Labute approximate surface area is 140 Å². The quantitative estimate of drug-likeness (QED) is 0.590. The highest BCUT2D eigenvalue weighted by atomic mass is 28.4. The number of nitrogens with zero attached hydrogens (tertiary/aromatic N) is 1. The summed E-state index contributed by atoms with van der Waals surface area (Å²) in [6.07, 6.45) is -0.823. The van der Waals surface area contributed by atoms with Crippen molar-refractivity contribution in [3.8, 4) is 0 Å². The Balaban J connectivity index is 2.49. The van der Waals surface area contributed by atoms with Gasteiger partial charge in [0.2, 0.25) is 6.29 Å². The molecule has 23 heavy (non-hydrogen) atoms. The summed E-state index contributed by atoms with van der Waals surface area (Å²) in [7, 11) is -2.03. The molecule has 0 aromatic heterocycles. The Kier molecular flexibility index (Phi) is 7.06. The maximum absolute atomic E-state index is 12.1. The summed E-state index contributed by atoms with van der Waals surface area (Å²) in [6.45, 7) is 13.5. The molecule has 2 unspecified atom stereocenters. The van der Waals surface area contributed by atoms with Crippen molar-refractivity contribution in [2.75, 3.05) is 19.7 Å². The second-order valence-electron chi connectivity index (χ2n) is 7.97. The van der Waals surface area contributed by atoms with Crippen molar-refractivity contribution in [3.05, 3.63) is 0 Å². The van der Waals surface area contributed by atoms with E-state index >= 15 is 0 Å². The van der Waals surface area contributed by atoms with E-state index in [0.29, 0.717) is 13.1 Å². The molecule has 0 bridgehead atoms. The van der Waals surface area contributed by atoms with Gasteiger partial charge in [-0.05, 0) is 43.8 Å². The molecule has 0 radical (unpaired) electrons. The summed E-state index contributed by atoms with van der Waals surface area (Å²) in [4.78, 5) is 13.7. The van der Waals surface area contributed by atoms with Crippen LogP contribution in [0.2, 0.25) is 18.1 Å². The number of carbonyl (C=O) groups excluding carboxylic acids is 1. The van der Waals surface area contributed by atoms with Gasteiger partial charge in [0.15, 0.2) is 8.32 Å². The van der Waals surface area contributed by atoms with Crippen molar-refractivity contribution in [2.24, 2.45) is 5.92 Å². The Morgan fingerprint density at radius 1 is 1.30 bits per heavy atom. The lowest BCUT2D eigenvalue weighted by Gasteiger charge is -2.39. The standard InChI is InChI=1S/C16H33NO5Si/c1-12(22-23(5,6)16(2,3)4)14(19)21-15(20)17-9-7-13(11-18)8-10-17/h12-14,18-19H,7-11H2,1-6H3. The van der Waals surface area contributed by atoms with E-state index in [-0.39, 0.29) is 17.6 Å². The Bertz CT molecular complexity index is 388. The van der Waals surface area contributed by atoms with Gasteiger partial charge in [-0.15, -0.1) is 0 Å². The van der Waals surface area contributed by atoms with E-state index in [9.17, 15) is 9.90 Å². The number of likely N-dealkylation sites (tertiary alicyclic amines) is 1. The predicted molar refractivity (Wildman–Crippen MR) is 91.6 cm³/mol. The topological polar surface area (TPSA) is 79.2 Å². The largest absolute Gasteiger partial charge is 0.417 e. The first-order valence-electron chi connectivity index (χ1n) is 8.40. The molecule has 1 aliphatic rings. The van der Waals surface area contributed by atoms with E-state index in [4.69, 9.17) is 14.3 Å². The van der Waals surface area contributed by atoms with E-state index < -0.39 is 26.8 Å². The molecule has 1 amide bonds. The van der Waals surface area contributed by atoms with E-state index in [2.05, 4.69) is 33.9 Å². The number of rotatable bonds is 5. The molecular formula is C16H33NO5Si. The van der Waals surface area contributed by atoms with E-state index in [0.717, 1.165) is 12.8 Å². The molecule has 7 heteroatoms. The van der Waals surface area contributed by atoms with Crippen molar-refractivity contribution in [1.82, 2.24) is 4.90 Å². The first kappa shape index (κ1) is 20.4. The summed E-state index contributed by atoms with van der Waals surface area (Å²) in [5, 5.41) is 19.3. The summed E-state index contributed by atoms with van der Waals surface area (Å²) in [6, 6.07) is 0. The van der Waals surface area contributed by atoms with E-state index in [1.807, 2.05) is 0 Å². The van der Waals surface area contributed by atoms with Crippen LogP contribution in [0.15, 0.2) is 0 Å². The van der Waals surface area contributed by atoms with Gasteiger partial charge in [-0.1, -0.05) is 20.8 Å². The van der Waals surface area contributed by atoms with Crippen molar-refractivity contribution < 1.29 is 24.2 Å². The summed E-state index contributed by atoms with van der Waals surface area (Å²) >= 11 is 0. The number of hydrogen-bond acceptors (Lipinski definition) is 5. The van der Waals surface area contributed by atoms with Gasteiger partial charge in [0, 0.05) is 19.7 Å². The van der Waals surface area contributed by atoms with Crippen LogP contribution in [-0.4, -0.2) is 61.6 Å². The first-order valence-corrected chi connectivity index (χ1v) is 11.3. The lowest BCUT2D eigenvalue weighted by molar-refractivity contribution is -0.122. The molecule has 1 saturated heterocycles. The summed E-state index contributed by atoms with van der Waals surface area (Å²) in [5.41, 5.74) is 0. The molecule has 2 atom stereocenters. The van der Waals surface area contributed by atoms with Crippen molar-refractivity contribution in [1.29, 1.82) is 0 Å². The zero-order chi connectivity index (χ0) is 17.8. The molecule has 136 valence electrons. The SMILES string of the molecule is CC(O[Si](C)(C)C(C)(C)C)C(O)OC(=O)N1CCC(CO)CC1. The number of piperidine rings is 1. The molecule has 1 aliphatic heterocycles. The van der Waals surface area contributed by atoms with Crippen LogP contribution < -0.4 is 0 Å². The van der Waals surface area contributed by atoms with Crippen LogP contribution in [-0.2, 0) is 9.16 Å². The van der Waals surface area contributed by atoms with Crippen molar-refractivity contribution in [2.45, 2.75) is 71.1 Å². The molecule has 1 rings (SSSR count). The molecule has 0 aromatic carbocycles. The molecule has 1 fully saturated rings. The van der Waals surface area contributed by atoms with Gasteiger partial charge in [0.25, 0.3) is 0 Å². The minimum atomic E-state index is -2.03. The highest BCUT2D eigenvalue weighted by Gasteiger charge is 2.40. The average Bonchev–Trinajstić information content (AvgIpc) is 2.45. The van der Waals surface area contributed by atoms with Crippen LogP contribution >= 0.6 is 0 Å². The molecule has 0 spiro atoms. The highest BCUT2D eigenvalue weighted by molar-refractivity contribution is 6.74. The summed E-state index contributed by atoms with van der Waals surface area (Å²) < 4.78 is 11.2. The van der Waals surface area contributed by atoms with Crippen molar-refractivity contribution >= 4 is 14.4 Å². The molecule has 0 aliphatic carbocycles. The van der Waals surface area contributed by atoms with Crippen LogP contribution in [0.5, 0.6) is 0 Å². The third-order valence-corrected chi connectivity index (χ3v) is 9.61. The number of aliphatic hydroxyl groups excluding tert-OH is 2. The third-order valence-electron chi connectivity index (χ3n) is 5.04. The highest BCUT2D eigenvalue weighted by Crippen LogP contribution is 2.37. The normalized spacial score (nSPS) is 20.3. The van der Waals surface area contributed by atoms with E-state index in [1.165, 1.54) is 0 Å². The molecule has 0 aromatic rings. The van der Waals surface area contributed by atoms with Gasteiger partial charge in [0.05, 0.1) is 0 Å². The predicted octanol–water partition coefficient (Wildman–Crippen LogP) is 2.56. The van der Waals surface area contributed by atoms with Crippen LogP contribution in [0.4, 0.5) is 4.79 Å². The van der Waals surface area contributed by atoms with Crippen LogP contribution in [0.3, 0.4) is 0 Å². The zero-order valence-electron chi connectivity index (χ0n) is 15.3. The van der Waals surface area contributed by atoms with Gasteiger partial charge < -0.3 is 24.3 Å². The van der Waals surface area contributed by atoms with Gasteiger partial charge in [-0.2, -0.15) is 0 Å². The fraction of sp³-hybridized carbons (Fsp3) is 0.938. The molecule has 0 saturated carbocycles. The Morgan fingerprint density at radius 3 is 2.26 bits per heavy atom. The summed E-state index contributed by atoms with van der Waals surface area (Å²) in [5.74, 6) is 0.254. The second-order valence-corrected chi connectivity index (χ2v) is 12.7. The minimum absolute atomic E-state index is 0.0250. The lowest BCUT2D eigenvalue weighted by atomic mass is 9.98. The van der Waals surface area contributed by atoms with Crippen LogP contribution in [0.1, 0.15) is 40.5 Å². The average molecular weight is 348 g/mol. The Morgan fingerprint density at radius 2 is 1.83 bits per heavy atom. The third kappa shape index (κ3) is 5.74. The number of amides is 1. The first-order chi connectivity index (χ1) is 10.5. The molecule has 2 N–H and O–H groups in total. The number of carbonyl (C=O) groups is 1. The molecule has 6 nitrogen and oxygen atoms in total. The molecule has 1 heterocycles. The minimum Gasteiger partial charge on any atom is -0.417 e. The van der Waals surface area contributed by atoms with Crippen LogP contribution in [0, 0.1) is 5.92 Å². The molecular weight excluding hydrogens is 314 g/mol.